The summed E-state index contributed by atoms with van der Waals surface area (Å²) in [6, 6.07) is 0. The van der Waals surface area contributed by atoms with Gasteiger partial charge in [0.25, 0.3) is 0 Å². The first-order valence-electron chi connectivity index (χ1n) is 7.86. The monoisotopic (exact) mass is 284 g/mol. The summed E-state index contributed by atoms with van der Waals surface area (Å²) < 4.78 is 0. The molecule has 2 heterocycles. The highest BCUT2D eigenvalue weighted by Gasteiger charge is 2.26. The first kappa shape index (κ1) is 14.3. The number of nitrogens with zero attached hydrogens (tertiary/aromatic N) is 4. The number of hydrogen-bond donors (Lipinski definition) is 0. The van der Waals surface area contributed by atoms with Crippen molar-refractivity contribution >= 4 is 5.95 Å². The number of hydrogen-bond acceptors (Lipinski definition) is 4. The minimum absolute atomic E-state index is 0.245. The largest absolute Gasteiger partial charge is 0.338 e. The second-order valence-electron chi connectivity index (χ2n) is 6.96. The summed E-state index contributed by atoms with van der Waals surface area (Å²) in [5, 5.41) is 0. The van der Waals surface area contributed by atoms with E-state index < -0.39 is 0 Å². The molecule has 0 bridgehead atoms. The van der Waals surface area contributed by atoms with E-state index in [4.69, 9.17) is 0 Å². The Bertz CT molecular complexity index is 535. The Morgan fingerprint density at radius 2 is 1.67 bits per heavy atom. The molecule has 0 amide bonds. The Morgan fingerprint density at radius 3 is 2.19 bits per heavy atom. The maximum atomic E-state index is 4.48. The lowest BCUT2D eigenvalue weighted by atomic mass is 10.1. The van der Waals surface area contributed by atoms with Gasteiger partial charge in [0.1, 0.15) is 0 Å². The molecule has 1 aromatic heterocycles. The minimum atomic E-state index is 0.245. The average Bonchev–Trinajstić information content (AvgIpc) is 3.29. The number of rotatable bonds is 1. The standard InChI is InChI=1S/C17H24N4/c1-17(2,3)21-10-8-20(9-11-21)16-18-12-15(13-19-16)7-6-14-4-5-14/h12-14H,4-5,8-11H2,1-3H3. The summed E-state index contributed by atoms with van der Waals surface area (Å²) in [6.07, 6.45) is 6.22. The van der Waals surface area contributed by atoms with E-state index in [-0.39, 0.29) is 5.54 Å². The van der Waals surface area contributed by atoms with Gasteiger partial charge in [0.15, 0.2) is 0 Å². The molecular weight excluding hydrogens is 260 g/mol. The zero-order valence-electron chi connectivity index (χ0n) is 13.3. The summed E-state index contributed by atoms with van der Waals surface area (Å²) in [6.45, 7) is 10.9. The van der Waals surface area contributed by atoms with Gasteiger partial charge in [-0.3, -0.25) is 4.90 Å². The molecule has 1 aliphatic carbocycles. The molecule has 0 radical (unpaired) electrons. The number of aromatic nitrogens is 2. The van der Waals surface area contributed by atoms with Crippen LogP contribution >= 0.6 is 0 Å². The average molecular weight is 284 g/mol. The van der Waals surface area contributed by atoms with Crippen LogP contribution in [0.15, 0.2) is 12.4 Å². The van der Waals surface area contributed by atoms with Gasteiger partial charge < -0.3 is 4.90 Å². The fourth-order valence-corrected chi connectivity index (χ4v) is 2.54. The van der Waals surface area contributed by atoms with Gasteiger partial charge in [0, 0.05) is 50.0 Å². The molecule has 2 fully saturated rings. The zero-order valence-corrected chi connectivity index (χ0v) is 13.3. The minimum Gasteiger partial charge on any atom is -0.338 e. The Labute approximate surface area is 127 Å². The third kappa shape index (κ3) is 3.74. The first-order valence-corrected chi connectivity index (χ1v) is 7.86. The lowest BCUT2D eigenvalue weighted by molar-refractivity contribution is 0.128. The van der Waals surface area contributed by atoms with Crippen LogP contribution in [-0.2, 0) is 0 Å². The molecule has 0 spiro atoms. The number of piperazine rings is 1. The van der Waals surface area contributed by atoms with Crippen LogP contribution in [0.25, 0.3) is 0 Å². The van der Waals surface area contributed by atoms with E-state index in [2.05, 4.69) is 52.4 Å². The summed E-state index contributed by atoms with van der Waals surface area (Å²) in [7, 11) is 0. The first-order chi connectivity index (χ1) is 10.0. The molecule has 0 N–H and O–H groups in total. The van der Waals surface area contributed by atoms with Crippen molar-refractivity contribution in [2.75, 3.05) is 31.1 Å². The van der Waals surface area contributed by atoms with Gasteiger partial charge in [-0.15, -0.1) is 0 Å². The third-order valence-electron chi connectivity index (χ3n) is 4.15. The molecule has 0 aromatic carbocycles. The Hall–Kier alpha value is -1.60. The van der Waals surface area contributed by atoms with Crippen LogP contribution < -0.4 is 4.90 Å². The van der Waals surface area contributed by atoms with E-state index in [0.29, 0.717) is 5.92 Å². The fourth-order valence-electron chi connectivity index (χ4n) is 2.54. The lowest BCUT2D eigenvalue weighted by Crippen LogP contribution is -2.53. The fraction of sp³-hybridized carbons (Fsp3) is 0.647. The molecule has 112 valence electrons. The van der Waals surface area contributed by atoms with Gasteiger partial charge in [0.05, 0.1) is 5.56 Å². The second kappa shape index (κ2) is 5.65. The lowest BCUT2D eigenvalue weighted by Gasteiger charge is -2.42. The van der Waals surface area contributed by atoms with Crippen molar-refractivity contribution < 1.29 is 0 Å². The van der Waals surface area contributed by atoms with E-state index in [1.807, 2.05) is 12.4 Å². The highest BCUT2D eigenvalue weighted by atomic mass is 15.3. The highest BCUT2D eigenvalue weighted by molar-refractivity contribution is 5.37. The van der Waals surface area contributed by atoms with E-state index in [0.717, 1.165) is 37.7 Å². The van der Waals surface area contributed by atoms with Crippen LogP contribution in [0.1, 0.15) is 39.2 Å². The molecule has 1 saturated heterocycles. The molecular formula is C17H24N4. The van der Waals surface area contributed by atoms with Gasteiger partial charge in [-0.2, -0.15) is 0 Å². The molecule has 0 atom stereocenters. The van der Waals surface area contributed by atoms with E-state index in [1.54, 1.807) is 0 Å². The smallest absolute Gasteiger partial charge is 0.225 e. The van der Waals surface area contributed by atoms with Gasteiger partial charge in [-0.05, 0) is 33.6 Å². The Morgan fingerprint density at radius 1 is 1.05 bits per heavy atom. The van der Waals surface area contributed by atoms with Crippen LogP contribution in [0.4, 0.5) is 5.95 Å². The van der Waals surface area contributed by atoms with Crippen LogP contribution in [0, 0.1) is 17.8 Å². The van der Waals surface area contributed by atoms with Crippen LogP contribution in [0.3, 0.4) is 0 Å². The number of anilines is 1. The van der Waals surface area contributed by atoms with Crippen molar-refractivity contribution in [3.8, 4) is 11.8 Å². The zero-order chi connectivity index (χ0) is 14.9. The van der Waals surface area contributed by atoms with Crippen LogP contribution in [0.2, 0.25) is 0 Å². The molecule has 2 aliphatic rings. The van der Waals surface area contributed by atoms with Crippen molar-refractivity contribution in [2.45, 2.75) is 39.2 Å². The van der Waals surface area contributed by atoms with Crippen molar-refractivity contribution in [1.82, 2.24) is 14.9 Å². The maximum absolute atomic E-state index is 4.48. The predicted molar refractivity (Wildman–Crippen MR) is 85.2 cm³/mol. The predicted octanol–water partition coefficient (Wildman–Crippen LogP) is 2.16. The molecule has 1 saturated carbocycles. The van der Waals surface area contributed by atoms with Crippen molar-refractivity contribution in [2.24, 2.45) is 5.92 Å². The highest BCUT2D eigenvalue weighted by Crippen LogP contribution is 2.27. The SMILES string of the molecule is CC(C)(C)N1CCN(c2ncc(C#CC3CC3)cn2)CC1. The molecule has 4 nitrogen and oxygen atoms in total. The summed E-state index contributed by atoms with van der Waals surface area (Å²) >= 11 is 0. The quantitative estimate of drug-likeness (QED) is 0.740. The van der Waals surface area contributed by atoms with Gasteiger partial charge in [-0.1, -0.05) is 11.8 Å². The van der Waals surface area contributed by atoms with E-state index in [1.165, 1.54) is 12.8 Å². The maximum Gasteiger partial charge on any atom is 0.225 e. The van der Waals surface area contributed by atoms with Crippen LogP contribution in [-0.4, -0.2) is 46.6 Å². The summed E-state index contributed by atoms with van der Waals surface area (Å²) in [5.74, 6) is 7.86. The molecule has 21 heavy (non-hydrogen) atoms. The van der Waals surface area contributed by atoms with Gasteiger partial charge in [0.2, 0.25) is 5.95 Å². The Kier molecular flexibility index (Phi) is 3.86. The second-order valence-corrected chi connectivity index (χ2v) is 6.96. The topological polar surface area (TPSA) is 32.3 Å². The van der Waals surface area contributed by atoms with Gasteiger partial charge >= 0.3 is 0 Å². The van der Waals surface area contributed by atoms with Crippen molar-refractivity contribution in [1.29, 1.82) is 0 Å². The van der Waals surface area contributed by atoms with Crippen molar-refractivity contribution in [3.63, 3.8) is 0 Å². The van der Waals surface area contributed by atoms with Crippen LogP contribution in [0.5, 0.6) is 0 Å². The summed E-state index contributed by atoms with van der Waals surface area (Å²) in [5.41, 5.74) is 1.17. The normalized spacial score (nSPS) is 20.0. The van der Waals surface area contributed by atoms with E-state index in [9.17, 15) is 0 Å². The molecule has 1 aromatic rings. The summed E-state index contributed by atoms with van der Waals surface area (Å²) in [4.78, 5) is 13.7. The molecule has 3 rings (SSSR count). The third-order valence-corrected chi connectivity index (χ3v) is 4.15. The van der Waals surface area contributed by atoms with Gasteiger partial charge in [-0.25, -0.2) is 9.97 Å². The Balaban J connectivity index is 1.59. The molecule has 1 aliphatic heterocycles. The van der Waals surface area contributed by atoms with E-state index >= 15 is 0 Å². The van der Waals surface area contributed by atoms with Crippen molar-refractivity contribution in [3.05, 3.63) is 18.0 Å². The molecule has 0 unspecified atom stereocenters. The molecule has 4 heteroatoms.